The van der Waals surface area contributed by atoms with Crippen molar-refractivity contribution in [2.45, 2.75) is 39.8 Å². The SMILES string of the molecule is COc1nc(-c2ccccc2C(=O)N(C(C)C)C(C)C)nn1C. The smallest absolute Gasteiger partial charge is 0.314 e. The average Bonchev–Trinajstić information content (AvgIpc) is 2.87. The molecular formula is C17H24N4O2. The van der Waals surface area contributed by atoms with Gasteiger partial charge in [0, 0.05) is 24.7 Å². The predicted octanol–water partition coefficient (Wildman–Crippen LogP) is 2.75. The Morgan fingerprint density at radius 3 is 2.30 bits per heavy atom. The Labute approximate surface area is 137 Å². The second-order valence-corrected chi connectivity index (χ2v) is 5.99. The van der Waals surface area contributed by atoms with Crippen molar-refractivity contribution in [2.75, 3.05) is 7.11 Å². The summed E-state index contributed by atoms with van der Waals surface area (Å²) in [5.41, 5.74) is 1.31. The van der Waals surface area contributed by atoms with Gasteiger partial charge in [0.05, 0.1) is 12.7 Å². The molecular weight excluding hydrogens is 292 g/mol. The molecule has 0 radical (unpaired) electrons. The zero-order valence-corrected chi connectivity index (χ0v) is 14.6. The van der Waals surface area contributed by atoms with E-state index in [9.17, 15) is 4.79 Å². The fourth-order valence-corrected chi connectivity index (χ4v) is 2.73. The molecule has 0 saturated heterocycles. The molecule has 2 aromatic rings. The lowest BCUT2D eigenvalue weighted by molar-refractivity contribution is 0.0644. The minimum atomic E-state index is -0.0166. The normalized spacial score (nSPS) is 11.1. The summed E-state index contributed by atoms with van der Waals surface area (Å²) in [4.78, 5) is 19.2. The summed E-state index contributed by atoms with van der Waals surface area (Å²) in [6.07, 6.45) is 0. The molecule has 1 aromatic heterocycles. The maximum atomic E-state index is 13.0. The van der Waals surface area contributed by atoms with E-state index in [1.165, 1.54) is 0 Å². The van der Waals surface area contributed by atoms with Crippen molar-refractivity contribution in [3.8, 4) is 17.4 Å². The Bertz CT molecular complexity index is 684. The first kappa shape index (κ1) is 17.0. The van der Waals surface area contributed by atoms with Crippen molar-refractivity contribution >= 4 is 5.91 Å². The first-order chi connectivity index (χ1) is 10.9. The molecule has 0 N–H and O–H groups in total. The van der Waals surface area contributed by atoms with Crippen LogP contribution in [0.2, 0.25) is 0 Å². The minimum Gasteiger partial charge on any atom is -0.467 e. The van der Waals surface area contributed by atoms with Gasteiger partial charge >= 0.3 is 6.01 Å². The van der Waals surface area contributed by atoms with Gasteiger partial charge in [-0.3, -0.25) is 4.79 Å². The highest BCUT2D eigenvalue weighted by Crippen LogP contribution is 2.25. The number of carbonyl (C=O) groups excluding carboxylic acids is 1. The van der Waals surface area contributed by atoms with Crippen molar-refractivity contribution in [1.29, 1.82) is 0 Å². The number of hydrogen-bond donors (Lipinski definition) is 0. The lowest BCUT2D eigenvalue weighted by atomic mass is 10.0. The van der Waals surface area contributed by atoms with Crippen LogP contribution in [0.4, 0.5) is 0 Å². The summed E-state index contributed by atoms with van der Waals surface area (Å²) in [6.45, 7) is 8.07. The van der Waals surface area contributed by atoms with E-state index in [0.29, 0.717) is 23.0 Å². The van der Waals surface area contributed by atoms with E-state index in [-0.39, 0.29) is 18.0 Å². The van der Waals surface area contributed by atoms with E-state index in [1.807, 2.05) is 56.9 Å². The summed E-state index contributed by atoms with van der Waals surface area (Å²) in [6, 6.07) is 8.05. The van der Waals surface area contributed by atoms with E-state index in [0.717, 1.165) is 0 Å². The standard InChI is InChI=1S/C17H24N4O2/c1-11(2)21(12(3)4)16(22)14-10-8-7-9-13(14)15-18-17(23-6)20(5)19-15/h7-12H,1-6H3. The number of nitrogens with zero attached hydrogens (tertiary/aromatic N) is 4. The fourth-order valence-electron chi connectivity index (χ4n) is 2.73. The molecule has 1 aromatic carbocycles. The Hall–Kier alpha value is -2.37. The number of amides is 1. The van der Waals surface area contributed by atoms with Gasteiger partial charge in [-0.1, -0.05) is 18.2 Å². The number of hydrogen-bond acceptors (Lipinski definition) is 4. The molecule has 6 nitrogen and oxygen atoms in total. The summed E-state index contributed by atoms with van der Waals surface area (Å²) >= 11 is 0. The minimum absolute atomic E-state index is 0.0166. The molecule has 1 amide bonds. The number of aromatic nitrogens is 3. The zero-order chi connectivity index (χ0) is 17.1. The monoisotopic (exact) mass is 316 g/mol. The summed E-state index contributed by atoms with van der Waals surface area (Å²) in [7, 11) is 3.30. The maximum Gasteiger partial charge on any atom is 0.314 e. The van der Waals surface area contributed by atoms with Crippen LogP contribution in [0.5, 0.6) is 6.01 Å². The third kappa shape index (κ3) is 3.36. The molecule has 23 heavy (non-hydrogen) atoms. The van der Waals surface area contributed by atoms with E-state index in [2.05, 4.69) is 10.1 Å². The van der Waals surface area contributed by atoms with Crippen LogP contribution in [0.3, 0.4) is 0 Å². The first-order valence-electron chi connectivity index (χ1n) is 7.73. The average molecular weight is 316 g/mol. The molecule has 0 aliphatic carbocycles. The van der Waals surface area contributed by atoms with Gasteiger partial charge < -0.3 is 9.64 Å². The second kappa shape index (κ2) is 6.81. The van der Waals surface area contributed by atoms with Crippen molar-refractivity contribution in [1.82, 2.24) is 19.7 Å². The topological polar surface area (TPSA) is 60.2 Å². The van der Waals surface area contributed by atoms with Gasteiger partial charge in [0.25, 0.3) is 5.91 Å². The molecule has 0 saturated carbocycles. The van der Waals surface area contributed by atoms with Gasteiger partial charge in [-0.2, -0.15) is 4.98 Å². The molecule has 6 heteroatoms. The van der Waals surface area contributed by atoms with Crippen LogP contribution in [0.25, 0.3) is 11.4 Å². The zero-order valence-electron chi connectivity index (χ0n) is 14.6. The van der Waals surface area contributed by atoms with Crippen LogP contribution in [-0.4, -0.2) is 44.8 Å². The first-order valence-corrected chi connectivity index (χ1v) is 7.73. The third-order valence-corrected chi connectivity index (χ3v) is 3.65. The molecule has 0 atom stereocenters. The van der Waals surface area contributed by atoms with Gasteiger partial charge in [-0.15, -0.1) is 5.10 Å². The number of aryl methyl sites for hydroxylation is 1. The van der Waals surface area contributed by atoms with Crippen LogP contribution in [-0.2, 0) is 7.05 Å². The van der Waals surface area contributed by atoms with Gasteiger partial charge in [-0.05, 0) is 33.8 Å². The van der Waals surface area contributed by atoms with E-state index in [1.54, 1.807) is 18.8 Å². The number of carbonyl (C=O) groups is 1. The Balaban J connectivity index is 2.50. The molecule has 0 spiro atoms. The highest BCUT2D eigenvalue weighted by atomic mass is 16.5. The third-order valence-electron chi connectivity index (χ3n) is 3.65. The lowest BCUT2D eigenvalue weighted by Gasteiger charge is -2.31. The summed E-state index contributed by atoms with van der Waals surface area (Å²) in [5, 5.41) is 4.35. The molecule has 124 valence electrons. The van der Waals surface area contributed by atoms with Gasteiger partial charge in [0.2, 0.25) is 0 Å². The van der Waals surface area contributed by atoms with Crippen LogP contribution < -0.4 is 4.74 Å². The van der Waals surface area contributed by atoms with Crippen molar-refractivity contribution in [3.05, 3.63) is 29.8 Å². The van der Waals surface area contributed by atoms with E-state index >= 15 is 0 Å². The fraction of sp³-hybridized carbons (Fsp3) is 0.471. The van der Waals surface area contributed by atoms with Crippen molar-refractivity contribution in [2.24, 2.45) is 7.05 Å². The van der Waals surface area contributed by atoms with Crippen LogP contribution in [0, 0.1) is 0 Å². The molecule has 1 heterocycles. The van der Waals surface area contributed by atoms with Crippen LogP contribution in [0.15, 0.2) is 24.3 Å². The Morgan fingerprint density at radius 1 is 1.17 bits per heavy atom. The lowest BCUT2D eigenvalue weighted by Crippen LogP contribution is -2.42. The second-order valence-electron chi connectivity index (χ2n) is 5.99. The highest BCUT2D eigenvalue weighted by Gasteiger charge is 2.25. The molecule has 0 bridgehead atoms. The van der Waals surface area contributed by atoms with Crippen molar-refractivity contribution in [3.63, 3.8) is 0 Å². The van der Waals surface area contributed by atoms with E-state index < -0.39 is 0 Å². The molecule has 0 fully saturated rings. The van der Waals surface area contributed by atoms with Gasteiger partial charge in [0.1, 0.15) is 0 Å². The quantitative estimate of drug-likeness (QED) is 0.851. The highest BCUT2D eigenvalue weighted by molar-refractivity contribution is 6.00. The van der Waals surface area contributed by atoms with Crippen molar-refractivity contribution < 1.29 is 9.53 Å². The predicted molar refractivity (Wildman–Crippen MR) is 89.4 cm³/mol. The largest absolute Gasteiger partial charge is 0.467 e. The molecule has 2 rings (SSSR count). The van der Waals surface area contributed by atoms with E-state index in [4.69, 9.17) is 4.74 Å². The number of benzene rings is 1. The van der Waals surface area contributed by atoms with Gasteiger partial charge in [-0.25, -0.2) is 4.68 Å². The van der Waals surface area contributed by atoms with Crippen LogP contribution >= 0.6 is 0 Å². The molecule has 0 unspecified atom stereocenters. The number of rotatable bonds is 5. The summed E-state index contributed by atoms with van der Waals surface area (Å²) in [5.74, 6) is 0.470. The summed E-state index contributed by atoms with van der Waals surface area (Å²) < 4.78 is 6.72. The Kier molecular flexibility index (Phi) is 5.03. The van der Waals surface area contributed by atoms with Crippen LogP contribution in [0.1, 0.15) is 38.1 Å². The Morgan fingerprint density at radius 2 is 1.78 bits per heavy atom. The van der Waals surface area contributed by atoms with Gasteiger partial charge in [0.15, 0.2) is 5.82 Å². The number of methoxy groups -OCH3 is 1. The molecule has 0 aliphatic heterocycles. The molecule has 0 aliphatic rings. The number of ether oxygens (including phenoxy) is 1. The maximum absolute atomic E-state index is 13.0.